The summed E-state index contributed by atoms with van der Waals surface area (Å²) in [5, 5.41) is 0.643. The summed E-state index contributed by atoms with van der Waals surface area (Å²) in [5.74, 6) is 0.210. The van der Waals surface area contributed by atoms with Crippen molar-refractivity contribution in [2.45, 2.75) is 13.8 Å². The van der Waals surface area contributed by atoms with E-state index in [1.165, 1.54) is 0 Å². The minimum atomic E-state index is 0.210. The summed E-state index contributed by atoms with van der Waals surface area (Å²) in [7, 11) is 0. The minimum absolute atomic E-state index is 0.210. The highest BCUT2D eigenvalue weighted by Gasteiger charge is 2.04. The van der Waals surface area contributed by atoms with Crippen LogP contribution in [0.15, 0.2) is 28.2 Å². The largest absolute Gasteiger partial charge is 0.298 e. The first-order valence-electron chi connectivity index (χ1n) is 4.66. The van der Waals surface area contributed by atoms with E-state index in [1.54, 1.807) is 0 Å². The standard InChI is InChI=1S/C12H12BrClO/c1-8(2)10(7-15)5-9-3-4-11(13)6-12(9)14/h3-8H,1-2H3/b10-5+. The molecule has 0 saturated heterocycles. The molecule has 1 aromatic carbocycles. The van der Waals surface area contributed by atoms with Crippen LogP contribution in [0, 0.1) is 5.92 Å². The van der Waals surface area contributed by atoms with Gasteiger partial charge in [-0.2, -0.15) is 0 Å². The summed E-state index contributed by atoms with van der Waals surface area (Å²) in [6, 6.07) is 5.61. The molecule has 0 atom stereocenters. The van der Waals surface area contributed by atoms with Gasteiger partial charge in [-0.15, -0.1) is 0 Å². The van der Waals surface area contributed by atoms with Gasteiger partial charge in [0.1, 0.15) is 6.29 Å². The van der Waals surface area contributed by atoms with E-state index >= 15 is 0 Å². The van der Waals surface area contributed by atoms with Crippen molar-refractivity contribution in [1.82, 2.24) is 0 Å². The zero-order chi connectivity index (χ0) is 11.4. The van der Waals surface area contributed by atoms with Crippen LogP contribution in [0.3, 0.4) is 0 Å². The van der Waals surface area contributed by atoms with Crippen LogP contribution in [-0.4, -0.2) is 6.29 Å². The van der Waals surface area contributed by atoms with Crippen LogP contribution in [0.25, 0.3) is 6.08 Å². The second-order valence-corrected chi connectivity index (χ2v) is 4.91. The van der Waals surface area contributed by atoms with Crippen LogP contribution in [0.2, 0.25) is 5.02 Å². The third-order valence-electron chi connectivity index (χ3n) is 2.09. The molecular weight excluding hydrogens is 275 g/mol. The van der Waals surface area contributed by atoms with E-state index in [4.69, 9.17) is 11.6 Å². The van der Waals surface area contributed by atoms with Gasteiger partial charge >= 0.3 is 0 Å². The van der Waals surface area contributed by atoms with E-state index in [0.717, 1.165) is 21.9 Å². The van der Waals surface area contributed by atoms with E-state index in [0.29, 0.717) is 5.02 Å². The number of allylic oxidation sites excluding steroid dienone is 1. The fourth-order valence-corrected chi connectivity index (χ4v) is 1.86. The van der Waals surface area contributed by atoms with Gasteiger partial charge in [0.05, 0.1) is 0 Å². The van der Waals surface area contributed by atoms with Crippen molar-refractivity contribution in [2.75, 3.05) is 0 Å². The SMILES string of the molecule is CC(C)/C(C=O)=C/c1ccc(Br)cc1Cl. The van der Waals surface area contributed by atoms with Crippen molar-refractivity contribution in [1.29, 1.82) is 0 Å². The number of halogens is 2. The van der Waals surface area contributed by atoms with Gasteiger partial charge in [-0.3, -0.25) is 4.79 Å². The predicted octanol–water partition coefficient (Wildman–Crippen LogP) is 4.34. The lowest BCUT2D eigenvalue weighted by atomic mass is 10.0. The molecule has 0 saturated carbocycles. The molecule has 15 heavy (non-hydrogen) atoms. The fourth-order valence-electron chi connectivity index (χ4n) is 1.13. The monoisotopic (exact) mass is 286 g/mol. The first-order chi connectivity index (χ1) is 7.04. The molecule has 3 heteroatoms. The quantitative estimate of drug-likeness (QED) is 0.597. The van der Waals surface area contributed by atoms with Gasteiger partial charge in [0.15, 0.2) is 0 Å². The number of hydrogen-bond donors (Lipinski definition) is 0. The van der Waals surface area contributed by atoms with Crippen LogP contribution < -0.4 is 0 Å². The summed E-state index contributed by atoms with van der Waals surface area (Å²) in [5.41, 5.74) is 1.62. The fraction of sp³-hybridized carbons (Fsp3) is 0.250. The summed E-state index contributed by atoms with van der Waals surface area (Å²) < 4.78 is 0.932. The van der Waals surface area contributed by atoms with Crippen molar-refractivity contribution >= 4 is 39.9 Å². The Morgan fingerprint density at radius 3 is 2.60 bits per heavy atom. The summed E-state index contributed by atoms with van der Waals surface area (Å²) in [6.07, 6.45) is 2.70. The maximum Gasteiger partial charge on any atom is 0.146 e. The maximum absolute atomic E-state index is 10.8. The van der Waals surface area contributed by atoms with Gasteiger partial charge in [0, 0.05) is 9.50 Å². The van der Waals surface area contributed by atoms with E-state index in [-0.39, 0.29) is 5.92 Å². The first-order valence-corrected chi connectivity index (χ1v) is 5.83. The van der Waals surface area contributed by atoms with Crippen molar-refractivity contribution in [2.24, 2.45) is 5.92 Å². The Bertz CT molecular complexity index is 397. The van der Waals surface area contributed by atoms with E-state index < -0.39 is 0 Å². The van der Waals surface area contributed by atoms with E-state index in [1.807, 2.05) is 38.1 Å². The number of benzene rings is 1. The molecule has 0 bridgehead atoms. The van der Waals surface area contributed by atoms with Crippen molar-refractivity contribution in [3.05, 3.63) is 38.8 Å². The highest BCUT2D eigenvalue weighted by Crippen LogP contribution is 2.24. The molecule has 0 fully saturated rings. The summed E-state index contributed by atoms with van der Waals surface area (Å²) in [6.45, 7) is 3.96. The van der Waals surface area contributed by atoms with Crippen molar-refractivity contribution in [3.8, 4) is 0 Å². The molecule has 1 nitrogen and oxygen atoms in total. The Morgan fingerprint density at radius 1 is 1.47 bits per heavy atom. The van der Waals surface area contributed by atoms with Crippen LogP contribution in [0.4, 0.5) is 0 Å². The number of carbonyl (C=O) groups is 1. The predicted molar refractivity (Wildman–Crippen MR) is 68.0 cm³/mol. The van der Waals surface area contributed by atoms with Gasteiger partial charge in [-0.1, -0.05) is 47.4 Å². The van der Waals surface area contributed by atoms with Crippen LogP contribution in [0.1, 0.15) is 19.4 Å². The average Bonchev–Trinajstić information content (AvgIpc) is 2.16. The van der Waals surface area contributed by atoms with E-state index in [9.17, 15) is 4.79 Å². The lowest BCUT2D eigenvalue weighted by Gasteiger charge is -2.05. The Kier molecular flexibility index (Phi) is 4.55. The third-order valence-corrected chi connectivity index (χ3v) is 2.91. The Balaban J connectivity index is 3.11. The molecule has 0 radical (unpaired) electrons. The van der Waals surface area contributed by atoms with Crippen molar-refractivity contribution in [3.63, 3.8) is 0 Å². The topological polar surface area (TPSA) is 17.1 Å². The molecule has 1 rings (SSSR count). The molecule has 0 amide bonds. The molecule has 0 spiro atoms. The zero-order valence-corrected chi connectivity index (χ0v) is 11.0. The number of carbonyl (C=O) groups excluding carboxylic acids is 1. The Morgan fingerprint density at radius 2 is 2.13 bits per heavy atom. The Labute approximate surface area is 103 Å². The van der Waals surface area contributed by atoms with Crippen LogP contribution in [0.5, 0.6) is 0 Å². The molecule has 0 aliphatic carbocycles. The molecule has 0 N–H and O–H groups in total. The molecule has 0 aromatic heterocycles. The second kappa shape index (κ2) is 5.47. The van der Waals surface area contributed by atoms with E-state index in [2.05, 4.69) is 15.9 Å². The smallest absolute Gasteiger partial charge is 0.146 e. The molecule has 0 heterocycles. The highest BCUT2D eigenvalue weighted by atomic mass is 79.9. The summed E-state index contributed by atoms with van der Waals surface area (Å²) in [4.78, 5) is 10.8. The summed E-state index contributed by atoms with van der Waals surface area (Å²) >= 11 is 9.38. The lowest BCUT2D eigenvalue weighted by Crippen LogP contribution is -1.94. The molecular formula is C12H12BrClO. The molecule has 0 aliphatic heterocycles. The Hall–Kier alpha value is -0.600. The van der Waals surface area contributed by atoms with Gasteiger partial charge in [-0.05, 0) is 35.3 Å². The number of aldehydes is 1. The van der Waals surface area contributed by atoms with Crippen LogP contribution >= 0.6 is 27.5 Å². The maximum atomic E-state index is 10.8. The van der Waals surface area contributed by atoms with Gasteiger partial charge in [0.2, 0.25) is 0 Å². The third kappa shape index (κ3) is 3.47. The van der Waals surface area contributed by atoms with Crippen LogP contribution in [-0.2, 0) is 4.79 Å². The van der Waals surface area contributed by atoms with Gasteiger partial charge in [-0.25, -0.2) is 0 Å². The van der Waals surface area contributed by atoms with Crippen molar-refractivity contribution < 1.29 is 4.79 Å². The molecule has 0 aliphatic rings. The molecule has 0 unspecified atom stereocenters. The highest BCUT2D eigenvalue weighted by molar-refractivity contribution is 9.10. The number of hydrogen-bond acceptors (Lipinski definition) is 1. The average molecular weight is 288 g/mol. The van der Waals surface area contributed by atoms with Gasteiger partial charge in [0.25, 0.3) is 0 Å². The van der Waals surface area contributed by atoms with Gasteiger partial charge < -0.3 is 0 Å². The lowest BCUT2D eigenvalue weighted by molar-refractivity contribution is -0.105. The second-order valence-electron chi connectivity index (χ2n) is 3.58. The molecule has 80 valence electrons. The minimum Gasteiger partial charge on any atom is -0.298 e. The molecule has 1 aromatic rings. The normalized spacial score (nSPS) is 11.9. The zero-order valence-electron chi connectivity index (χ0n) is 8.63. The number of rotatable bonds is 3. The first kappa shape index (κ1) is 12.5.